The summed E-state index contributed by atoms with van der Waals surface area (Å²) in [5, 5.41) is 3.35. The van der Waals surface area contributed by atoms with Gasteiger partial charge in [-0.25, -0.2) is 8.42 Å². The lowest BCUT2D eigenvalue weighted by molar-refractivity contribution is 0.0769. The Bertz CT molecular complexity index is 720. The Kier molecular flexibility index (Phi) is 7.46. The second-order valence-electron chi connectivity index (χ2n) is 6.79. The van der Waals surface area contributed by atoms with Gasteiger partial charge in [0.25, 0.3) is 5.91 Å². The number of carbonyl (C=O) groups is 1. The van der Waals surface area contributed by atoms with E-state index >= 15 is 0 Å². The van der Waals surface area contributed by atoms with Crippen LogP contribution in [0, 0.1) is 0 Å². The molecule has 2 fully saturated rings. The minimum Gasteiger partial charge on any atom is -0.337 e. The molecule has 1 N–H and O–H groups in total. The normalized spacial score (nSPS) is 21.4. The van der Waals surface area contributed by atoms with Crippen LogP contribution in [0.5, 0.6) is 0 Å². The van der Waals surface area contributed by atoms with Gasteiger partial charge in [0.15, 0.2) is 9.84 Å². The van der Waals surface area contributed by atoms with Gasteiger partial charge >= 0.3 is 0 Å². The molecule has 0 aromatic heterocycles. The molecule has 26 heavy (non-hydrogen) atoms. The third-order valence-electron chi connectivity index (χ3n) is 5.04. The molecular weight excluding hydrogens is 374 g/mol. The van der Waals surface area contributed by atoms with Gasteiger partial charge in [0.05, 0.1) is 16.2 Å². The summed E-state index contributed by atoms with van der Waals surface area (Å²) in [6, 6.07) is 7.01. The molecule has 8 heteroatoms. The Morgan fingerprint density at radius 2 is 1.88 bits per heavy atom. The third kappa shape index (κ3) is 4.57. The second-order valence-corrected chi connectivity index (χ2v) is 8.87. The van der Waals surface area contributed by atoms with E-state index in [9.17, 15) is 13.2 Å². The Morgan fingerprint density at radius 1 is 1.19 bits per heavy atom. The molecule has 1 amide bonds. The average molecular weight is 402 g/mol. The van der Waals surface area contributed by atoms with E-state index < -0.39 is 9.84 Å². The minimum atomic E-state index is -3.42. The van der Waals surface area contributed by atoms with Crippen molar-refractivity contribution in [3.63, 3.8) is 0 Å². The number of benzene rings is 1. The first kappa shape index (κ1) is 21.2. The Hall–Kier alpha value is -1.15. The molecule has 0 radical (unpaired) electrons. The molecular formula is C18H28ClN3O3S. The highest BCUT2D eigenvalue weighted by molar-refractivity contribution is 7.91. The number of amides is 1. The van der Waals surface area contributed by atoms with Crippen molar-refractivity contribution in [3.8, 4) is 0 Å². The van der Waals surface area contributed by atoms with E-state index in [0.717, 1.165) is 32.6 Å². The molecule has 1 aromatic carbocycles. The van der Waals surface area contributed by atoms with Crippen molar-refractivity contribution in [1.29, 1.82) is 0 Å². The van der Waals surface area contributed by atoms with Crippen LogP contribution in [-0.4, -0.2) is 75.2 Å². The lowest BCUT2D eigenvalue weighted by Gasteiger charge is -2.32. The molecule has 0 bridgehead atoms. The summed E-state index contributed by atoms with van der Waals surface area (Å²) in [6.07, 6.45) is 1.50. The standard InChI is InChI=1S/C18H27N3O3S.ClH/c1-2-13-25(23,24)17-6-4-3-5-16(17)18(22)21-10-7-15(14-21)20-11-8-19-9-12-20;/h3-6,15,19H,2,7-14H2,1H3;1H. The predicted molar refractivity (Wildman–Crippen MR) is 105 cm³/mol. The number of piperazine rings is 1. The maximum atomic E-state index is 13.0. The van der Waals surface area contributed by atoms with Crippen LogP contribution < -0.4 is 5.32 Å². The van der Waals surface area contributed by atoms with E-state index in [1.165, 1.54) is 0 Å². The Morgan fingerprint density at radius 3 is 2.58 bits per heavy atom. The Balaban J connectivity index is 0.00000243. The molecule has 3 rings (SSSR count). The van der Waals surface area contributed by atoms with Gasteiger partial charge < -0.3 is 10.2 Å². The quantitative estimate of drug-likeness (QED) is 0.807. The second kappa shape index (κ2) is 9.17. The molecule has 0 aliphatic carbocycles. The monoisotopic (exact) mass is 401 g/mol. The highest BCUT2D eigenvalue weighted by atomic mass is 35.5. The molecule has 1 aromatic rings. The third-order valence-corrected chi connectivity index (χ3v) is 7.02. The van der Waals surface area contributed by atoms with Gasteiger partial charge in [-0.05, 0) is 25.0 Å². The van der Waals surface area contributed by atoms with Crippen molar-refractivity contribution in [2.45, 2.75) is 30.7 Å². The van der Waals surface area contributed by atoms with E-state index in [-0.39, 0.29) is 29.0 Å². The highest BCUT2D eigenvalue weighted by Crippen LogP contribution is 2.23. The lowest BCUT2D eigenvalue weighted by atomic mass is 10.2. The summed E-state index contributed by atoms with van der Waals surface area (Å²) < 4.78 is 25.0. The minimum absolute atomic E-state index is 0. The number of hydrogen-bond donors (Lipinski definition) is 1. The summed E-state index contributed by atoms with van der Waals surface area (Å²) >= 11 is 0. The summed E-state index contributed by atoms with van der Waals surface area (Å²) in [4.78, 5) is 17.4. The first-order valence-corrected chi connectivity index (χ1v) is 10.7. The van der Waals surface area contributed by atoms with Crippen molar-refractivity contribution in [2.24, 2.45) is 0 Å². The fourth-order valence-corrected chi connectivity index (χ4v) is 5.27. The molecule has 0 saturated carbocycles. The van der Waals surface area contributed by atoms with Crippen molar-refractivity contribution < 1.29 is 13.2 Å². The zero-order valence-corrected chi connectivity index (χ0v) is 16.8. The summed E-state index contributed by atoms with van der Waals surface area (Å²) in [7, 11) is -3.42. The smallest absolute Gasteiger partial charge is 0.255 e. The summed E-state index contributed by atoms with van der Waals surface area (Å²) in [5.74, 6) is -0.0892. The molecule has 2 saturated heterocycles. The Labute approximate surface area is 162 Å². The summed E-state index contributed by atoms with van der Waals surface area (Å²) in [5.41, 5.74) is 0.317. The van der Waals surface area contributed by atoms with Crippen LogP contribution in [0.15, 0.2) is 29.2 Å². The van der Waals surface area contributed by atoms with Crippen molar-refractivity contribution in [1.82, 2.24) is 15.1 Å². The fraction of sp³-hybridized carbons (Fsp3) is 0.611. The molecule has 2 aliphatic rings. The topological polar surface area (TPSA) is 69.7 Å². The van der Waals surface area contributed by atoms with Gasteiger partial charge in [-0.15, -0.1) is 12.4 Å². The molecule has 1 unspecified atom stereocenters. The maximum absolute atomic E-state index is 13.0. The van der Waals surface area contributed by atoms with Crippen LogP contribution in [0.1, 0.15) is 30.1 Å². The summed E-state index contributed by atoms with van der Waals surface area (Å²) in [6.45, 7) is 7.20. The van der Waals surface area contributed by atoms with Gasteiger partial charge in [0.1, 0.15) is 0 Å². The zero-order chi connectivity index (χ0) is 17.9. The van der Waals surface area contributed by atoms with E-state index in [2.05, 4.69) is 10.2 Å². The molecule has 0 spiro atoms. The van der Waals surface area contributed by atoms with Crippen LogP contribution in [0.3, 0.4) is 0 Å². The van der Waals surface area contributed by atoms with E-state index in [0.29, 0.717) is 31.1 Å². The van der Waals surface area contributed by atoms with E-state index in [1.54, 1.807) is 24.3 Å². The average Bonchev–Trinajstić information content (AvgIpc) is 3.12. The van der Waals surface area contributed by atoms with Gasteiger partial charge in [-0.1, -0.05) is 19.1 Å². The molecule has 2 aliphatic heterocycles. The van der Waals surface area contributed by atoms with Gasteiger partial charge in [-0.2, -0.15) is 0 Å². The van der Waals surface area contributed by atoms with Crippen LogP contribution in [-0.2, 0) is 9.84 Å². The van der Waals surface area contributed by atoms with Crippen LogP contribution in [0.2, 0.25) is 0 Å². The first-order valence-electron chi connectivity index (χ1n) is 9.09. The number of hydrogen-bond acceptors (Lipinski definition) is 5. The van der Waals surface area contributed by atoms with Crippen LogP contribution in [0.25, 0.3) is 0 Å². The first-order chi connectivity index (χ1) is 12.0. The van der Waals surface area contributed by atoms with Crippen molar-refractivity contribution in [2.75, 3.05) is 45.0 Å². The fourth-order valence-electron chi connectivity index (χ4n) is 3.74. The van der Waals surface area contributed by atoms with Gasteiger partial charge in [0, 0.05) is 45.3 Å². The molecule has 1 atom stereocenters. The number of halogens is 1. The van der Waals surface area contributed by atoms with E-state index in [4.69, 9.17) is 0 Å². The van der Waals surface area contributed by atoms with Gasteiger partial charge in [0.2, 0.25) is 0 Å². The van der Waals surface area contributed by atoms with E-state index in [1.807, 2.05) is 11.8 Å². The number of sulfone groups is 1. The number of nitrogens with one attached hydrogen (secondary N) is 1. The van der Waals surface area contributed by atoms with Crippen molar-refractivity contribution in [3.05, 3.63) is 29.8 Å². The number of carbonyl (C=O) groups excluding carboxylic acids is 1. The van der Waals surface area contributed by atoms with Crippen LogP contribution in [0.4, 0.5) is 0 Å². The number of nitrogens with zero attached hydrogens (tertiary/aromatic N) is 2. The lowest BCUT2D eigenvalue weighted by Crippen LogP contribution is -2.49. The van der Waals surface area contributed by atoms with Crippen molar-refractivity contribution >= 4 is 28.2 Å². The van der Waals surface area contributed by atoms with Gasteiger partial charge in [-0.3, -0.25) is 9.69 Å². The molecule has 6 nitrogen and oxygen atoms in total. The highest BCUT2D eigenvalue weighted by Gasteiger charge is 2.33. The molecule has 2 heterocycles. The predicted octanol–water partition coefficient (Wildman–Crippen LogP) is 1.41. The number of rotatable bonds is 5. The SMILES string of the molecule is CCCS(=O)(=O)c1ccccc1C(=O)N1CCC(N2CCNCC2)C1.Cl. The van der Waals surface area contributed by atoms with Crippen LogP contribution >= 0.6 is 12.4 Å². The zero-order valence-electron chi connectivity index (χ0n) is 15.2. The number of likely N-dealkylation sites (tertiary alicyclic amines) is 1. The maximum Gasteiger partial charge on any atom is 0.255 e. The largest absolute Gasteiger partial charge is 0.337 e. The molecule has 146 valence electrons.